The van der Waals surface area contributed by atoms with E-state index in [9.17, 15) is 4.21 Å². The number of aryl methyl sites for hydroxylation is 1. The number of nitrogens with one attached hydrogen (secondary N) is 1. The summed E-state index contributed by atoms with van der Waals surface area (Å²) >= 11 is 6.52. The van der Waals surface area contributed by atoms with Crippen LogP contribution in [0, 0.1) is 6.92 Å². The van der Waals surface area contributed by atoms with Crippen molar-refractivity contribution in [1.29, 1.82) is 0 Å². The van der Waals surface area contributed by atoms with Crippen molar-refractivity contribution >= 4 is 56.1 Å². The van der Waals surface area contributed by atoms with E-state index in [1.54, 1.807) is 4.31 Å². The van der Waals surface area contributed by atoms with Crippen LogP contribution in [0.3, 0.4) is 0 Å². The first-order chi connectivity index (χ1) is 10.5. The average Bonchev–Trinajstić information content (AvgIpc) is 3.13. The van der Waals surface area contributed by atoms with E-state index >= 15 is 0 Å². The minimum absolute atomic E-state index is 0.321. The monoisotopic (exact) mass is 349 g/mol. The standard InChI is InChI=1S/C15H15N3OS3/c1-9-6-10-8-11(15(16)20)17-14(10)12(7-9)18(2)22(19)13-4-3-5-21-13/h3-8,17H,1-2H3,(H2,16,20). The van der Waals surface area contributed by atoms with Crippen LogP contribution in [0.2, 0.25) is 0 Å². The smallest absolute Gasteiger partial charge is 0.163 e. The first-order valence-electron chi connectivity index (χ1n) is 6.59. The zero-order valence-corrected chi connectivity index (χ0v) is 14.6. The minimum atomic E-state index is -1.25. The molecule has 0 aliphatic heterocycles. The molecule has 0 saturated carbocycles. The number of anilines is 1. The summed E-state index contributed by atoms with van der Waals surface area (Å²) in [5, 5.41) is 2.93. The predicted octanol–water partition coefficient (Wildman–Crippen LogP) is 3.33. The lowest BCUT2D eigenvalue weighted by molar-refractivity contribution is 0.683. The van der Waals surface area contributed by atoms with E-state index in [1.165, 1.54) is 11.3 Å². The van der Waals surface area contributed by atoms with Crippen LogP contribution in [-0.4, -0.2) is 21.2 Å². The Morgan fingerprint density at radius 1 is 1.41 bits per heavy atom. The summed E-state index contributed by atoms with van der Waals surface area (Å²) in [5.74, 6) is 0. The molecule has 4 nitrogen and oxygen atoms in total. The van der Waals surface area contributed by atoms with Gasteiger partial charge < -0.3 is 10.7 Å². The van der Waals surface area contributed by atoms with Gasteiger partial charge in [-0.2, -0.15) is 0 Å². The molecule has 0 fully saturated rings. The molecule has 0 saturated heterocycles. The highest BCUT2D eigenvalue weighted by atomic mass is 32.2. The highest BCUT2D eigenvalue weighted by Crippen LogP contribution is 2.31. The molecule has 7 heteroatoms. The normalized spacial score (nSPS) is 12.5. The highest BCUT2D eigenvalue weighted by Gasteiger charge is 2.17. The van der Waals surface area contributed by atoms with Crippen LogP contribution in [-0.2, 0) is 11.0 Å². The van der Waals surface area contributed by atoms with E-state index in [-0.39, 0.29) is 0 Å². The number of thiophene rings is 1. The Balaban J connectivity index is 2.13. The number of hydrogen-bond donors (Lipinski definition) is 2. The number of nitrogens with two attached hydrogens (primary N) is 1. The molecule has 2 aromatic heterocycles. The maximum Gasteiger partial charge on any atom is 0.163 e. The predicted molar refractivity (Wildman–Crippen MR) is 98.1 cm³/mol. The lowest BCUT2D eigenvalue weighted by atomic mass is 10.1. The third-order valence-corrected chi connectivity index (χ3v) is 6.14. The molecule has 0 bridgehead atoms. The van der Waals surface area contributed by atoms with Gasteiger partial charge in [-0.05, 0) is 42.1 Å². The van der Waals surface area contributed by atoms with E-state index in [4.69, 9.17) is 18.0 Å². The Kier molecular flexibility index (Phi) is 4.03. The van der Waals surface area contributed by atoms with Crippen LogP contribution in [0.4, 0.5) is 5.69 Å². The van der Waals surface area contributed by atoms with Crippen molar-refractivity contribution in [3.63, 3.8) is 0 Å². The van der Waals surface area contributed by atoms with Crippen LogP contribution in [0.15, 0.2) is 39.9 Å². The maximum atomic E-state index is 12.7. The second-order valence-electron chi connectivity index (χ2n) is 4.97. The zero-order chi connectivity index (χ0) is 15.9. The molecule has 1 unspecified atom stereocenters. The number of benzene rings is 1. The number of aromatic nitrogens is 1. The van der Waals surface area contributed by atoms with Crippen LogP contribution in [0.5, 0.6) is 0 Å². The first kappa shape index (κ1) is 15.2. The SMILES string of the molecule is Cc1cc(N(C)S(=O)c2cccs2)c2[nH]c(C(N)=S)cc2c1. The van der Waals surface area contributed by atoms with Crippen LogP contribution >= 0.6 is 23.6 Å². The molecule has 1 aromatic carbocycles. The third kappa shape index (κ3) is 2.67. The Labute approximate surface area is 140 Å². The molecule has 0 spiro atoms. The molecule has 3 N–H and O–H groups in total. The third-order valence-electron chi connectivity index (χ3n) is 3.37. The van der Waals surface area contributed by atoms with Gasteiger partial charge in [0.2, 0.25) is 0 Å². The summed E-state index contributed by atoms with van der Waals surface area (Å²) < 4.78 is 15.3. The number of aromatic amines is 1. The number of thiocarbonyl (C=S) groups is 1. The Morgan fingerprint density at radius 3 is 2.82 bits per heavy atom. The summed E-state index contributed by atoms with van der Waals surface area (Å²) in [4.78, 5) is 3.55. The van der Waals surface area contributed by atoms with Gasteiger partial charge in [0.1, 0.15) is 9.20 Å². The van der Waals surface area contributed by atoms with Crippen LogP contribution in [0.25, 0.3) is 10.9 Å². The molecule has 3 aromatic rings. The molecule has 0 aliphatic rings. The van der Waals surface area contributed by atoms with E-state index in [0.29, 0.717) is 10.7 Å². The van der Waals surface area contributed by atoms with Gasteiger partial charge in [0, 0.05) is 12.4 Å². The molecule has 0 radical (unpaired) electrons. The minimum Gasteiger partial charge on any atom is -0.388 e. The molecule has 1 atom stereocenters. The molecule has 0 amide bonds. The highest BCUT2D eigenvalue weighted by molar-refractivity contribution is 7.88. The van der Waals surface area contributed by atoms with Gasteiger partial charge in [0.25, 0.3) is 0 Å². The fourth-order valence-electron chi connectivity index (χ4n) is 2.34. The quantitative estimate of drug-likeness (QED) is 0.710. The van der Waals surface area contributed by atoms with Crippen molar-refractivity contribution < 1.29 is 4.21 Å². The van der Waals surface area contributed by atoms with Crippen molar-refractivity contribution in [2.75, 3.05) is 11.4 Å². The Bertz CT molecular complexity index is 868. The summed E-state index contributed by atoms with van der Waals surface area (Å²) in [6.45, 7) is 2.01. The van der Waals surface area contributed by atoms with Gasteiger partial charge in [0.05, 0.1) is 16.9 Å². The van der Waals surface area contributed by atoms with Crippen molar-refractivity contribution in [2.45, 2.75) is 11.1 Å². The summed E-state index contributed by atoms with van der Waals surface area (Å²) in [5.41, 5.74) is 9.27. The topological polar surface area (TPSA) is 62.1 Å². The Morgan fingerprint density at radius 2 is 2.18 bits per heavy atom. The van der Waals surface area contributed by atoms with Gasteiger partial charge in [-0.3, -0.25) is 4.31 Å². The molecular weight excluding hydrogens is 334 g/mol. The number of rotatable bonds is 4. The van der Waals surface area contributed by atoms with Crippen LogP contribution in [0.1, 0.15) is 11.3 Å². The number of hydrogen-bond acceptors (Lipinski definition) is 3. The van der Waals surface area contributed by atoms with Gasteiger partial charge in [-0.25, -0.2) is 4.21 Å². The van der Waals surface area contributed by atoms with E-state index in [1.807, 2.05) is 43.6 Å². The number of fused-ring (bicyclic) bond motifs is 1. The fraction of sp³-hybridized carbons (Fsp3) is 0.133. The lowest BCUT2D eigenvalue weighted by Gasteiger charge is -2.18. The molecule has 0 aliphatic carbocycles. The van der Waals surface area contributed by atoms with Crippen molar-refractivity contribution in [3.05, 3.63) is 47.0 Å². The molecule has 3 rings (SSSR count). The zero-order valence-electron chi connectivity index (χ0n) is 12.1. The van der Waals surface area contributed by atoms with E-state index < -0.39 is 11.0 Å². The van der Waals surface area contributed by atoms with Crippen molar-refractivity contribution in [3.8, 4) is 0 Å². The summed E-state index contributed by atoms with van der Waals surface area (Å²) in [7, 11) is 0.579. The average molecular weight is 350 g/mol. The van der Waals surface area contributed by atoms with Gasteiger partial charge in [-0.1, -0.05) is 18.3 Å². The fourth-order valence-corrected chi connectivity index (χ4v) is 4.52. The molecule has 2 heterocycles. The summed E-state index contributed by atoms with van der Waals surface area (Å²) in [6.07, 6.45) is 0. The first-order valence-corrected chi connectivity index (χ1v) is 8.99. The second-order valence-corrected chi connectivity index (χ2v) is 8.11. The molecule has 22 heavy (non-hydrogen) atoms. The second kappa shape index (κ2) is 5.83. The van der Waals surface area contributed by atoms with Gasteiger partial charge in [0.15, 0.2) is 11.0 Å². The lowest BCUT2D eigenvalue weighted by Crippen LogP contribution is -2.20. The van der Waals surface area contributed by atoms with E-state index in [2.05, 4.69) is 11.1 Å². The summed E-state index contributed by atoms with van der Waals surface area (Å²) in [6, 6.07) is 9.76. The largest absolute Gasteiger partial charge is 0.388 e. The van der Waals surface area contributed by atoms with Crippen molar-refractivity contribution in [2.24, 2.45) is 5.73 Å². The van der Waals surface area contributed by atoms with Gasteiger partial charge >= 0.3 is 0 Å². The van der Waals surface area contributed by atoms with Gasteiger partial charge in [-0.15, -0.1) is 11.3 Å². The number of nitrogens with zero attached hydrogens (tertiary/aromatic N) is 1. The molecule has 114 valence electrons. The van der Waals surface area contributed by atoms with E-state index in [0.717, 1.165) is 26.4 Å². The van der Waals surface area contributed by atoms with Crippen molar-refractivity contribution in [1.82, 2.24) is 4.98 Å². The molecular formula is C15H15N3OS3. The van der Waals surface area contributed by atoms with Crippen LogP contribution < -0.4 is 10.0 Å². The number of H-pyrrole nitrogens is 1. The Hall–Kier alpha value is -1.70. The maximum absolute atomic E-state index is 12.7.